The van der Waals surface area contributed by atoms with E-state index in [1.54, 1.807) is 31.2 Å². The lowest BCUT2D eigenvalue weighted by Crippen LogP contribution is -2.17. The fourth-order valence-electron chi connectivity index (χ4n) is 1.93. The maximum Gasteiger partial charge on any atom is 0.305 e. The number of thioether (sulfide) groups is 1. The molecule has 2 rings (SSSR count). The minimum absolute atomic E-state index is 0.254. The van der Waals surface area contributed by atoms with Crippen LogP contribution in [0.5, 0.6) is 5.75 Å². The molecule has 1 saturated heterocycles. The van der Waals surface area contributed by atoms with Gasteiger partial charge in [0.05, 0.1) is 23.1 Å². The lowest BCUT2D eigenvalue weighted by molar-refractivity contribution is -0.143. The fraction of sp³-hybridized carbons (Fsp3) is 0.312. The predicted octanol–water partition coefficient (Wildman–Crippen LogP) is 3.39. The minimum Gasteiger partial charge on any atom is -0.492 e. The number of ether oxygens (including phenoxy) is 2. The van der Waals surface area contributed by atoms with Gasteiger partial charge in [0, 0.05) is 6.42 Å². The number of imide groups is 1. The molecule has 0 unspecified atom stereocenters. The SMILES string of the molecule is CCOC(=O)CCCOc1ccc(/C=C2/SC(=O)NC2=O)cc1Cl. The molecular weight excluding hydrogens is 354 g/mol. The first-order valence-electron chi connectivity index (χ1n) is 7.32. The van der Waals surface area contributed by atoms with Crippen LogP contribution in [0.1, 0.15) is 25.3 Å². The van der Waals surface area contributed by atoms with Crippen LogP contribution in [0.4, 0.5) is 4.79 Å². The number of esters is 1. The molecule has 8 heteroatoms. The molecule has 6 nitrogen and oxygen atoms in total. The van der Waals surface area contributed by atoms with Crippen molar-refractivity contribution in [3.8, 4) is 5.75 Å². The van der Waals surface area contributed by atoms with Crippen LogP contribution in [-0.4, -0.2) is 30.3 Å². The Balaban J connectivity index is 1.90. The molecule has 0 radical (unpaired) electrons. The number of benzene rings is 1. The molecule has 1 aliphatic rings. The second-order valence-corrected chi connectivity index (χ2v) is 6.22. The number of halogens is 1. The Morgan fingerprint density at radius 3 is 2.79 bits per heavy atom. The monoisotopic (exact) mass is 369 g/mol. The lowest BCUT2D eigenvalue weighted by atomic mass is 10.2. The maximum absolute atomic E-state index is 11.5. The Morgan fingerprint density at radius 1 is 1.38 bits per heavy atom. The van der Waals surface area contributed by atoms with Crippen LogP contribution in [-0.2, 0) is 14.3 Å². The van der Waals surface area contributed by atoms with Crippen molar-refractivity contribution >= 4 is 46.6 Å². The standard InChI is InChI=1S/C16H16ClNO5S/c1-2-22-14(19)4-3-7-23-12-6-5-10(8-11(12)17)9-13-15(20)18-16(21)24-13/h5-6,8-9H,2-4,7H2,1H3,(H,18,20,21)/b13-9+. The molecule has 1 aromatic carbocycles. The van der Waals surface area contributed by atoms with Crippen molar-refractivity contribution in [2.24, 2.45) is 0 Å². The molecule has 24 heavy (non-hydrogen) atoms. The number of carbonyl (C=O) groups is 3. The molecule has 128 valence electrons. The molecule has 0 spiro atoms. The molecule has 1 fully saturated rings. The highest BCUT2D eigenvalue weighted by Crippen LogP contribution is 2.30. The molecule has 1 aromatic rings. The molecular formula is C16H16ClNO5S. The average Bonchev–Trinajstić information content (AvgIpc) is 2.83. The fourth-order valence-corrected chi connectivity index (χ4v) is 2.85. The summed E-state index contributed by atoms with van der Waals surface area (Å²) in [6.45, 7) is 2.46. The zero-order valence-corrected chi connectivity index (χ0v) is 14.5. The summed E-state index contributed by atoms with van der Waals surface area (Å²) in [6, 6.07) is 5.06. The number of rotatable bonds is 7. The topological polar surface area (TPSA) is 81.7 Å². The zero-order chi connectivity index (χ0) is 17.5. The Hall–Kier alpha value is -1.99. The van der Waals surface area contributed by atoms with Gasteiger partial charge in [-0.15, -0.1) is 0 Å². The van der Waals surface area contributed by atoms with E-state index in [1.807, 2.05) is 0 Å². The van der Waals surface area contributed by atoms with E-state index in [0.29, 0.717) is 40.9 Å². The van der Waals surface area contributed by atoms with Gasteiger partial charge in [-0.2, -0.15) is 0 Å². The van der Waals surface area contributed by atoms with Crippen LogP contribution in [0, 0.1) is 0 Å². The third-order valence-corrected chi connectivity index (χ3v) is 4.09. The Morgan fingerprint density at radius 2 is 2.17 bits per heavy atom. The molecule has 1 heterocycles. The third kappa shape index (κ3) is 5.28. The molecule has 0 bridgehead atoms. The second-order valence-electron chi connectivity index (χ2n) is 4.80. The summed E-state index contributed by atoms with van der Waals surface area (Å²) in [6.07, 6.45) is 2.40. The zero-order valence-electron chi connectivity index (χ0n) is 13.0. The largest absolute Gasteiger partial charge is 0.492 e. The van der Waals surface area contributed by atoms with Crippen molar-refractivity contribution in [1.29, 1.82) is 0 Å². The van der Waals surface area contributed by atoms with Gasteiger partial charge in [0.15, 0.2) is 0 Å². The highest BCUT2D eigenvalue weighted by molar-refractivity contribution is 8.18. The summed E-state index contributed by atoms with van der Waals surface area (Å²) in [5.74, 6) is -0.182. The van der Waals surface area contributed by atoms with Crippen LogP contribution in [0.3, 0.4) is 0 Å². The quantitative estimate of drug-likeness (QED) is 0.450. The van der Waals surface area contributed by atoms with E-state index in [0.717, 1.165) is 11.8 Å². The van der Waals surface area contributed by atoms with Crippen molar-refractivity contribution in [3.05, 3.63) is 33.7 Å². The number of nitrogens with one attached hydrogen (secondary N) is 1. The summed E-state index contributed by atoms with van der Waals surface area (Å²) in [7, 11) is 0. The van der Waals surface area contributed by atoms with Crippen molar-refractivity contribution in [2.75, 3.05) is 13.2 Å². The molecule has 0 atom stereocenters. The van der Waals surface area contributed by atoms with Gasteiger partial charge in [-0.3, -0.25) is 19.7 Å². The highest BCUT2D eigenvalue weighted by Gasteiger charge is 2.24. The van der Waals surface area contributed by atoms with Crippen molar-refractivity contribution in [1.82, 2.24) is 5.32 Å². The van der Waals surface area contributed by atoms with Gasteiger partial charge in [-0.1, -0.05) is 17.7 Å². The predicted molar refractivity (Wildman–Crippen MR) is 91.9 cm³/mol. The van der Waals surface area contributed by atoms with Gasteiger partial charge in [-0.25, -0.2) is 0 Å². The molecule has 1 aliphatic heterocycles. The van der Waals surface area contributed by atoms with Gasteiger partial charge in [0.1, 0.15) is 5.75 Å². The van der Waals surface area contributed by atoms with E-state index in [9.17, 15) is 14.4 Å². The normalized spacial score (nSPS) is 15.5. The number of hydrogen-bond acceptors (Lipinski definition) is 6. The van der Waals surface area contributed by atoms with E-state index < -0.39 is 5.91 Å². The van der Waals surface area contributed by atoms with E-state index in [2.05, 4.69) is 5.32 Å². The third-order valence-electron chi connectivity index (χ3n) is 2.98. The van der Waals surface area contributed by atoms with E-state index >= 15 is 0 Å². The van der Waals surface area contributed by atoms with Crippen LogP contribution < -0.4 is 10.1 Å². The second kappa shape index (κ2) is 8.75. The summed E-state index contributed by atoms with van der Waals surface area (Å²) < 4.78 is 10.4. The summed E-state index contributed by atoms with van der Waals surface area (Å²) in [5.41, 5.74) is 0.686. The van der Waals surface area contributed by atoms with E-state index in [-0.39, 0.29) is 17.6 Å². The van der Waals surface area contributed by atoms with Crippen molar-refractivity contribution in [2.45, 2.75) is 19.8 Å². The smallest absolute Gasteiger partial charge is 0.305 e. The van der Waals surface area contributed by atoms with Gasteiger partial charge in [0.2, 0.25) is 0 Å². The molecule has 1 N–H and O–H groups in total. The van der Waals surface area contributed by atoms with E-state index in [1.165, 1.54) is 0 Å². The first-order chi connectivity index (χ1) is 11.5. The van der Waals surface area contributed by atoms with Crippen LogP contribution in [0.25, 0.3) is 6.08 Å². The summed E-state index contributed by atoms with van der Waals surface area (Å²) in [5, 5.41) is 2.18. The number of hydrogen-bond donors (Lipinski definition) is 1. The highest BCUT2D eigenvalue weighted by atomic mass is 35.5. The number of amides is 2. The molecule has 0 saturated carbocycles. The minimum atomic E-state index is -0.416. The average molecular weight is 370 g/mol. The molecule has 0 aromatic heterocycles. The van der Waals surface area contributed by atoms with Crippen molar-refractivity contribution in [3.63, 3.8) is 0 Å². The first kappa shape index (κ1) is 18.4. The Kier molecular flexibility index (Phi) is 6.69. The maximum atomic E-state index is 11.5. The van der Waals surface area contributed by atoms with Crippen LogP contribution >= 0.6 is 23.4 Å². The first-order valence-corrected chi connectivity index (χ1v) is 8.52. The summed E-state index contributed by atoms with van der Waals surface area (Å²) >= 11 is 7.00. The summed E-state index contributed by atoms with van der Waals surface area (Å²) in [4.78, 5) is 34.2. The molecule has 0 aliphatic carbocycles. The lowest BCUT2D eigenvalue weighted by Gasteiger charge is -2.08. The van der Waals surface area contributed by atoms with Gasteiger partial charge in [-0.05, 0) is 48.9 Å². The number of carbonyl (C=O) groups excluding carboxylic acids is 3. The Bertz CT molecular complexity index is 689. The van der Waals surface area contributed by atoms with Crippen LogP contribution in [0.2, 0.25) is 5.02 Å². The van der Waals surface area contributed by atoms with Crippen LogP contribution in [0.15, 0.2) is 23.1 Å². The van der Waals surface area contributed by atoms with Gasteiger partial charge in [0.25, 0.3) is 11.1 Å². The van der Waals surface area contributed by atoms with E-state index in [4.69, 9.17) is 21.1 Å². The van der Waals surface area contributed by atoms with Crippen molar-refractivity contribution < 1.29 is 23.9 Å². The molecule has 2 amide bonds. The van der Waals surface area contributed by atoms with Gasteiger partial charge < -0.3 is 9.47 Å². The Labute approximate surface area is 148 Å². The van der Waals surface area contributed by atoms with Gasteiger partial charge >= 0.3 is 5.97 Å².